The topological polar surface area (TPSA) is 0 Å². The Hall–Kier alpha value is 0.0800. The third kappa shape index (κ3) is 2.05. The number of hydrogen-bond donors (Lipinski definition) is 0. The van der Waals surface area contributed by atoms with E-state index in [9.17, 15) is 0 Å². The first-order chi connectivity index (χ1) is 4.30. The summed E-state index contributed by atoms with van der Waals surface area (Å²) in [7, 11) is 0. The number of halogens is 1. The summed E-state index contributed by atoms with van der Waals surface area (Å²) >= 11 is 0.258. The fourth-order valence-corrected chi connectivity index (χ4v) is 2.65. The second-order valence-corrected chi connectivity index (χ2v) is 4.91. The summed E-state index contributed by atoms with van der Waals surface area (Å²) < 4.78 is 3.96. The summed E-state index contributed by atoms with van der Waals surface area (Å²) in [6.07, 6.45) is 6.55. The Balaban J connectivity index is 2.72. The van der Waals surface area contributed by atoms with Gasteiger partial charge in [0.15, 0.2) is 0 Å². The van der Waals surface area contributed by atoms with Crippen molar-refractivity contribution in [3.8, 4) is 0 Å². The molecule has 0 aromatic heterocycles. The van der Waals surface area contributed by atoms with E-state index in [4.69, 9.17) is 0 Å². The van der Waals surface area contributed by atoms with Crippen molar-refractivity contribution in [2.75, 3.05) is 0 Å². The average Bonchev–Trinajstić information content (AvgIpc) is 1.90. The van der Waals surface area contributed by atoms with Crippen molar-refractivity contribution in [3.05, 3.63) is 22.3 Å². The first kappa shape index (κ1) is 7.19. The third-order valence-corrected chi connectivity index (χ3v) is 4.28. The zero-order valence-electron chi connectivity index (χ0n) is 5.76. The zero-order chi connectivity index (χ0) is 6.69. The molecule has 0 unspecified atom stereocenters. The van der Waals surface area contributed by atoms with Gasteiger partial charge >= 0.3 is 0 Å². The van der Waals surface area contributed by atoms with E-state index in [1.807, 2.05) is 0 Å². The Bertz CT molecular complexity index is 173. The van der Waals surface area contributed by atoms with Gasteiger partial charge in [-0.15, -0.1) is 0 Å². The van der Waals surface area contributed by atoms with Gasteiger partial charge in [0.1, 0.15) is 0 Å². The molecule has 1 heteroatoms. The summed E-state index contributed by atoms with van der Waals surface area (Å²) in [6, 6.07) is 0. The van der Waals surface area contributed by atoms with Crippen molar-refractivity contribution in [3.63, 3.8) is 0 Å². The van der Waals surface area contributed by atoms with Crippen LogP contribution in [0, 0.1) is 5.92 Å². The summed E-state index contributed by atoms with van der Waals surface area (Å²) in [6.45, 7) is 4.52. The Kier molecular flexibility index (Phi) is 2.64. The summed E-state index contributed by atoms with van der Waals surface area (Å²) in [5.74, 6) is 0.763. The van der Waals surface area contributed by atoms with Crippen molar-refractivity contribution < 1.29 is 0 Å². The van der Waals surface area contributed by atoms with Crippen LogP contribution in [0.1, 0.15) is 13.8 Å². The van der Waals surface area contributed by atoms with Crippen LogP contribution in [0.25, 0.3) is 0 Å². The molecule has 1 rings (SSSR count). The molecule has 0 aromatic rings. The fraction of sp³-hybridized carbons (Fsp3) is 0.375. The minimum atomic E-state index is 0.258. The van der Waals surface area contributed by atoms with Crippen LogP contribution in [-0.4, -0.2) is 3.51 Å². The van der Waals surface area contributed by atoms with E-state index < -0.39 is 0 Å². The molecule has 0 saturated carbocycles. The molecule has 0 N–H and O–H groups in total. The Morgan fingerprint density at radius 1 is 1.33 bits per heavy atom. The lowest BCUT2D eigenvalue weighted by atomic mass is 10.1. The maximum absolute atomic E-state index is 2.31. The van der Waals surface area contributed by atoms with E-state index in [2.05, 4.69) is 36.2 Å². The molecule has 0 atom stereocenters. The fourth-order valence-electron chi connectivity index (χ4n) is 0.653. The molecular weight excluding hydrogens is 223 g/mol. The van der Waals surface area contributed by atoms with Crippen LogP contribution in [0.5, 0.6) is 0 Å². The molecule has 0 aliphatic carbocycles. The molecule has 0 spiro atoms. The summed E-state index contributed by atoms with van der Waals surface area (Å²) in [5.41, 5.74) is 0. The van der Waals surface area contributed by atoms with Gasteiger partial charge in [0.05, 0.1) is 0 Å². The molecule has 1 heterocycles. The first-order valence-electron chi connectivity index (χ1n) is 3.14. The monoisotopic (exact) mass is 234 g/mol. The number of rotatable bonds is 1. The predicted octanol–water partition coefficient (Wildman–Crippen LogP) is 2.87. The van der Waals surface area contributed by atoms with Gasteiger partial charge in [-0.25, -0.2) is 0 Å². The number of allylic oxidation sites excluding steroid dienone is 3. The normalized spacial score (nSPS) is 17.4. The highest BCUT2D eigenvalue weighted by Gasteiger charge is 1.98. The minimum Gasteiger partial charge on any atom is -0.0899 e. The lowest BCUT2D eigenvalue weighted by Crippen LogP contribution is -2.00. The van der Waals surface area contributed by atoms with Crippen molar-refractivity contribution in [2.24, 2.45) is 5.92 Å². The van der Waals surface area contributed by atoms with Crippen LogP contribution in [-0.2, 0) is 0 Å². The Labute approximate surface area is 66.4 Å². The molecule has 50 valence electrons. The van der Waals surface area contributed by atoms with E-state index in [1.54, 1.807) is 3.51 Å². The predicted molar refractivity (Wildman–Crippen MR) is 52.1 cm³/mol. The molecule has 0 aromatic carbocycles. The highest BCUT2D eigenvalue weighted by atomic mass is 127. The van der Waals surface area contributed by atoms with Gasteiger partial charge in [-0.3, -0.25) is 0 Å². The van der Waals surface area contributed by atoms with E-state index in [-0.39, 0.29) is 20.7 Å². The molecule has 0 saturated heterocycles. The quantitative estimate of drug-likeness (QED) is 0.612. The van der Waals surface area contributed by atoms with Crippen LogP contribution in [0.15, 0.2) is 22.3 Å². The average molecular weight is 234 g/mol. The van der Waals surface area contributed by atoms with Crippen LogP contribution >= 0.6 is 20.7 Å². The largest absolute Gasteiger partial charge is 0.0899 e. The van der Waals surface area contributed by atoms with Gasteiger partial charge in [-0.05, 0) is 13.5 Å². The van der Waals surface area contributed by atoms with E-state index in [0.29, 0.717) is 0 Å². The standard InChI is InChI=1S/C8H11I/c1-7(2)8-5-3-4-6-9-8/h3-7H,1-2H3. The highest BCUT2D eigenvalue weighted by Crippen LogP contribution is 2.15. The molecule has 1 aliphatic rings. The third-order valence-electron chi connectivity index (χ3n) is 1.18. The smallest absolute Gasteiger partial charge is 0.0121 e. The van der Waals surface area contributed by atoms with E-state index >= 15 is 0 Å². The Morgan fingerprint density at radius 3 is 2.44 bits per heavy atom. The molecule has 9 heavy (non-hydrogen) atoms. The maximum Gasteiger partial charge on any atom is -0.0121 e. The van der Waals surface area contributed by atoms with Crippen molar-refractivity contribution in [1.29, 1.82) is 0 Å². The maximum atomic E-state index is 2.31. The second kappa shape index (κ2) is 3.30. The molecule has 0 fully saturated rings. The van der Waals surface area contributed by atoms with Gasteiger partial charge in [-0.1, -0.05) is 52.8 Å². The van der Waals surface area contributed by atoms with Crippen LogP contribution in [0.2, 0.25) is 0 Å². The lowest BCUT2D eigenvalue weighted by Gasteiger charge is -2.04. The van der Waals surface area contributed by atoms with Gasteiger partial charge in [0, 0.05) is 0 Å². The summed E-state index contributed by atoms with van der Waals surface area (Å²) in [4.78, 5) is 0. The van der Waals surface area contributed by atoms with Gasteiger partial charge in [0.2, 0.25) is 0 Å². The van der Waals surface area contributed by atoms with Crippen LogP contribution in [0.4, 0.5) is 0 Å². The molecule has 0 nitrogen and oxygen atoms in total. The lowest BCUT2D eigenvalue weighted by molar-refractivity contribution is 0.907. The van der Waals surface area contributed by atoms with Crippen molar-refractivity contribution >= 4 is 24.2 Å². The second-order valence-electron chi connectivity index (χ2n) is 2.33. The minimum absolute atomic E-state index is 0.258. The molecular formula is C8H11I. The Morgan fingerprint density at radius 2 is 2.11 bits per heavy atom. The zero-order valence-corrected chi connectivity index (χ0v) is 7.92. The highest BCUT2D eigenvalue weighted by molar-refractivity contribution is 14.2. The van der Waals surface area contributed by atoms with Gasteiger partial charge in [-0.2, -0.15) is 0 Å². The summed E-state index contributed by atoms with van der Waals surface area (Å²) in [5, 5.41) is 0. The first-order valence-corrected chi connectivity index (χ1v) is 5.46. The SMILES string of the molecule is CC(C)C1=IC=CC=C1. The van der Waals surface area contributed by atoms with Crippen molar-refractivity contribution in [1.82, 2.24) is 0 Å². The van der Waals surface area contributed by atoms with Gasteiger partial charge in [0.25, 0.3) is 0 Å². The van der Waals surface area contributed by atoms with E-state index in [1.165, 1.54) is 0 Å². The van der Waals surface area contributed by atoms with Crippen LogP contribution < -0.4 is 0 Å². The van der Waals surface area contributed by atoms with E-state index in [0.717, 1.165) is 5.92 Å². The molecule has 0 bridgehead atoms. The van der Waals surface area contributed by atoms with Crippen LogP contribution in [0.3, 0.4) is 0 Å². The molecule has 1 aliphatic heterocycles. The van der Waals surface area contributed by atoms with Gasteiger partial charge < -0.3 is 0 Å². The molecule has 0 radical (unpaired) electrons. The molecule has 0 amide bonds. The number of hydrogen-bond acceptors (Lipinski definition) is 0. The van der Waals surface area contributed by atoms with Crippen molar-refractivity contribution in [2.45, 2.75) is 13.8 Å².